The smallest absolute Gasteiger partial charge is 0.184 e. The van der Waals surface area contributed by atoms with E-state index in [0.29, 0.717) is 5.41 Å². The Morgan fingerprint density at radius 3 is 2.80 bits per heavy atom. The highest BCUT2D eigenvalue weighted by Crippen LogP contribution is 2.36. The first-order valence-electron chi connectivity index (χ1n) is 5.63. The zero-order valence-electron chi connectivity index (χ0n) is 9.25. The molecule has 1 aliphatic carbocycles. The maximum absolute atomic E-state index is 5.64. The van der Waals surface area contributed by atoms with Crippen molar-refractivity contribution in [3.63, 3.8) is 0 Å². The first kappa shape index (κ1) is 10.7. The number of nitrogen functional groups attached to an aromatic ring is 1. The molecule has 0 aliphatic heterocycles. The lowest BCUT2D eigenvalue weighted by Crippen LogP contribution is -2.28. The van der Waals surface area contributed by atoms with Crippen molar-refractivity contribution in [2.75, 3.05) is 17.6 Å². The molecule has 0 atom stereocenters. The van der Waals surface area contributed by atoms with Gasteiger partial charge in [0.15, 0.2) is 5.13 Å². The van der Waals surface area contributed by atoms with Crippen LogP contribution in [0.2, 0.25) is 0 Å². The normalized spacial score (nSPS) is 20.1. The summed E-state index contributed by atoms with van der Waals surface area (Å²) >= 11 is 1.53. The number of nitrogens with two attached hydrogens (primary N) is 1. The lowest BCUT2D eigenvalue weighted by atomic mass is 9.76. The van der Waals surface area contributed by atoms with Gasteiger partial charge in [-0.1, -0.05) is 37.5 Å². The standard InChI is InChI=1S/C11H19N3S/c1-11(5-3-2-4-6-11)8-14-10-13-7-9(12)15-10/h7H,2-6,8,12H2,1H3,(H,13,14). The van der Waals surface area contributed by atoms with E-state index in [-0.39, 0.29) is 0 Å². The van der Waals surface area contributed by atoms with Gasteiger partial charge in [0.25, 0.3) is 0 Å². The van der Waals surface area contributed by atoms with E-state index in [1.165, 1.54) is 43.4 Å². The lowest BCUT2D eigenvalue weighted by Gasteiger charge is -2.33. The summed E-state index contributed by atoms with van der Waals surface area (Å²) in [5.41, 5.74) is 6.09. The molecule has 15 heavy (non-hydrogen) atoms. The summed E-state index contributed by atoms with van der Waals surface area (Å²) in [5.74, 6) is 0. The highest BCUT2D eigenvalue weighted by atomic mass is 32.1. The van der Waals surface area contributed by atoms with Crippen molar-refractivity contribution in [2.45, 2.75) is 39.0 Å². The fourth-order valence-corrected chi connectivity index (χ4v) is 2.82. The zero-order chi connectivity index (χ0) is 10.7. The Hall–Kier alpha value is -0.770. The second-order valence-electron chi connectivity index (χ2n) is 4.79. The predicted molar refractivity (Wildman–Crippen MR) is 66.2 cm³/mol. The minimum atomic E-state index is 0.457. The van der Waals surface area contributed by atoms with Gasteiger partial charge in [-0.15, -0.1) is 0 Å². The Labute approximate surface area is 95.1 Å². The third-order valence-electron chi connectivity index (χ3n) is 3.25. The molecule has 1 heterocycles. The van der Waals surface area contributed by atoms with E-state index in [4.69, 9.17) is 5.73 Å². The van der Waals surface area contributed by atoms with Crippen molar-refractivity contribution in [1.82, 2.24) is 4.98 Å². The number of nitrogens with zero attached hydrogens (tertiary/aromatic N) is 1. The molecule has 1 aromatic heterocycles. The molecule has 4 heteroatoms. The van der Waals surface area contributed by atoms with E-state index < -0.39 is 0 Å². The van der Waals surface area contributed by atoms with Crippen LogP contribution in [0.25, 0.3) is 0 Å². The quantitative estimate of drug-likeness (QED) is 0.831. The molecule has 0 aromatic carbocycles. The molecule has 0 radical (unpaired) electrons. The summed E-state index contributed by atoms with van der Waals surface area (Å²) in [6.45, 7) is 3.40. The Bertz CT molecular complexity index is 315. The van der Waals surface area contributed by atoms with Crippen molar-refractivity contribution in [1.29, 1.82) is 0 Å². The van der Waals surface area contributed by atoms with E-state index in [2.05, 4.69) is 17.2 Å². The average Bonchev–Trinajstić information content (AvgIpc) is 2.63. The second-order valence-corrected chi connectivity index (χ2v) is 5.85. The van der Waals surface area contributed by atoms with Crippen molar-refractivity contribution < 1.29 is 0 Å². The number of aromatic nitrogens is 1. The molecular formula is C11H19N3S. The van der Waals surface area contributed by atoms with Crippen LogP contribution >= 0.6 is 11.3 Å². The summed E-state index contributed by atoms with van der Waals surface area (Å²) in [6, 6.07) is 0. The molecule has 1 saturated carbocycles. The maximum Gasteiger partial charge on any atom is 0.184 e. The molecule has 0 amide bonds. The summed E-state index contributed by atoms with van der Waals surface area (Å²) < 4.78 is 0. The van der Waals surface area contributed by atoms with Crippen LogP contribution < -0.4 is 11.1 Å². The predicted octanol–water partition coefficient (Wildman–Crippen LogP) is 3.11. The Kier molecular flexibility index (Phi) is 3.14. The van der Waals surface area contributed by atoms with Crippen LogP contribution in [-0.4, -0.2) is 11.5 Å². The van der Waals surface area contributed by atoms with Gasteiger partial charge in [-0.3, -0.25) is 0 Å². The van der Waals surface area contributed by atoms with Crippen LogP contribution in [0.1, 0.15) is 39.0 Å². The Morgan fingerprint density at radius 2 is 2.20 bits per heavy atom. The van der Waals surface area contributed by atoms with E-state index in [1.807, 2.05) is 0 Å². The van der Waals surface area contributed by atoms with Crippen LogP contribution in [0.15, 0.2) is 6.20 Å². The van der Waals surface area contributed by atoms with Gasteiger partial charge in [-0.05, 0) is 18.3 Å². The van der Waals surface area contributed by atoms with Crippen LogP contribution in [0, 0.1) is 5.41 Å². The molecule has 1 aromatic rings. The minimum absolute atomic E-state index is 0.457. The number of nitrogens with one attached hydrogen (secondary N) is 1. The summed E-state index contributed by atoms with van der Waals surface area (Å²) in [7, 11) is 0. The van der Waals surface area contributed by atoms with Gasteiger partial charge in [0.2, 0.25) is 0 Å². The second kappa shape index (κ2) is 4.39. The van der Waals surface area contributed by atoms with Gasteiger partial charge in [-0.25, -0.2) is 4.98 Å². The van der Waals surface area contributed by atoms with Crippen molar-refractivity contribution in [3.05, 3.63) is 6.20 Å². The molecule has 1 aliphatic rings. The fourth-order valence-electron chi connectivity index (χ4n) is 2.24. The Morgan fingerprint density at radius 1 is 1.47 bits per heavy atom. The van der Waals surface area contributed by atoms with Gasteiger partial charge < -0.3 is 11.1 Å². The molecular weight excluding hydrogens is 206 g/mol. The third kappa shape index (κ3) is 2.84. The zero-order valence-corrected chi connectivity index (χ0v) is 10.1. The minimum Gasteiger partial charge on any atom is -0.389 e. The van der Waals surface area contributed by atoms with E-state index in [0.717, 1.165) is 16.7 Å². The molecule has 0 saturated heterocycles. The molecule has 2 rings (SSSR count). The topological polar surface area (TPSA) is 50.9 Å². The van der Waals surface area contributed by atoms with Crippen molar-refractivity contribution >= 4 is 21.5 Å². The highest BCUT2D eigenvalue weighted by molar-refractivity contribution is 7.19. The number of rotatable bonds is 3. The molecule has 0 spiro atoms. The third-order valence-corrected chi connectivity index (χ3v) is 4.03. The van der Waals surface area contributed by atoms with Gasteiger partial charge in [0, 0.05) is 6.54 Å². The van der Waals surface area contributed by atoms with Gasteiger partial charge in [-0.2, -0.15) is 0 Å². The van der Waals surface area contributed by atoms with E-state index in [9.17, 15) is 0 Å². The number of anilines is 2. The van der Waals surface area contributed by atoms with Crippen LogP contribution in [0.3, 0.4) is 0 Å². The van der Waals surface area contributed by atoms with Crippen LogP contribution in [0.4, 0.5) is 10.1 Å². The summed E-state index contributed by atoms with van der Waals surface area (Å²) in [5, 5.41) is 5.14. The van der Waals surface area contributed by atoms with Crippen molar-refractivity contribution in [3.8, 4) is 0 Å². The first-order valence-corrected chi connectivity index (χ1v) is 6.45. The molecule has 0 bridgehead atoms. The summed E-state index contributed by atoms with van der Waals surface area (Å²) in [6.07, 6.45) is 8.54. The van der Waals surface area contributed by atoms with E-state index in [1.54, 1.807) is 6.20 Å². The molecule has 1 fully saturated rings. The van der Waals surface area contributed by atoms with Gasteiger partial charge >= 0.3 is 0 Å². The number of hydrogen-bond acceptors (Lipinski definition) is 4. The average molecular weight is 225 g/mol. The molecule has 3 nitrogen and oxygen atoms in total. The monoisotopic (exact) mass is 225 g/mol. The lowest BCUT2D eigenvalue weighted by molar-refractivity contribution is 0.233. The number of hydrogen-bond donors (Lipinski definition) is 2. The fraction of sp³-hybridized carbons (Fsp3) is 0.727. The first-order chi connectivity index (χ1) is 7.18. The van der Waals surface area contributed by atoms with Crippen molar-refractivity contribution in [2.24, 2.45) is 5.41 Å². The summed E-state index contributed by atoms with van der Waals surface area (Å²) in [4.78, 5) is 4.21. The maximum atomic E-state index is 5.64. The van der Waals surface area contributed by atoms with Gasteiger partial charge in [0.05, 0.1) is 6.20 Å². The molecule has 84 valence electrons. The van der Waals surface area contributed by atoms with Crippen LogP contribution in [0.5, 0.6) is 0 Å². The Balaban J connectivity index is 1.86. The van der Waals surface area contributed by atoms with Gasteiger partial charge in [0.1, 0.15) is 5.00 Å². The SMILES string of the molecule is CC1(CNc2ncc(N)s2)CCCCC1. The largest absolute Gasteiger partial charge is 0.389 e. The molecule has 0 unspecified atom stereocenters. The van der Waals surface area contributed by atoms with E-state index >= 15 is 0 Å². The number of thiazole rings is 1. The molecule has 3 N–H and O–H groups in total. The van der Waals surface area contributed by atoms with Crippen LogP contribution in [-0.2, 0) is 0 Å². The highest BCUT2D eigenvalue weighted by Gasteiger charge is 2.26.